The van der Waals surface area contributed by atoms with Crippen molar-refractivity contribution in [3.63, 3.8) is 0 Å². The van der Waals surface area contributed by atoms with Crippen LogP contribution in [0.5, 0.6) is 0 Å². The first-order valence-electron chi connectivity index (χ1n) is 15.2. The number of nitriles is 1. The van der Waals surface area contributed by atoms with E-state index in [0.717, 1.165) is 42.6 Å². The Morgan fingerprint density at radius 3 is 2.64 bits per heavy atom. The number of likely N-dealkylation sites (tertiary alicyclic amines) is 1. The Balaban J connectivity index is 1.11. The molecule has 12 heteroatoms. The first-order valence-corrected chi connectivity index (χ1v) is 15.2. The number of imide groups is 1. The van der Waals surface area contributed by atoms with Crippen LogP contribution in [0.1, 0.15) is 54.6 Å². The van der Waals surface area contributed by atoms with Gasteiger partial charge in [0.1, 0.15) is 17.5 Å². The number of pyridine rings is 2. The number of hydrogen-bond donors (Lipinski definition) is 3. The minimum atomic E-state index is -0.387. The smallest absolute Gasteiger partial charge is 0.328 e. The summed E-state index contributed by atoms with van der Waals surface area (Å²) in [5, 5.41) is 19.0. The number of amides is 4. The quantitative estimate of drug-likeness (QED) is 0.273. The molecule has 0 atom stereocenters. The zero-order valence-electron chi connectivity index (χ0n) is 25.3. The molecule has 12 nitrogen and oxygen atoms in total. The number of nitrogens with zero attached hydrogens (tertiary/aromatic N) is 6. The molecule has 230 valence electrons. The van der Waals surface area contributed by atoms with E-state index in [0.29, 0.717) is 41.4 Å². The van der Waals surface area contributed by atoms with E-state index in [1.807, 2.05) is 61.0 Å². The summed E-state index contributed by atoms with van der Waals surface area (Å²) in [6.07, 6.45) is 6.85. The SMILES string of the molecule is CC(C)Nc1cc(-n2ccc3cc(C#N)cnc32)ncc1C(=O)NC1CCN(Cc2ccccc2N2CCC(=O)NC2=O)CC1. The molecule has 0 aliphatic carbocycles. The van der Waals surface area contributed by atoms with Gasteiger partial charge in [0.15, 0.2) is 0 Å². The van der Waals surface area contributed by atoms with Gasteiger partial charge in [-0.15, -0.1) is 0 Å². The van der Waals surface area contributed by atoms with Gasteiger partial charge in [-0.1, -0.05) is 18.2 Å². The van der Waals surface area contributed by atoms with E-state index in [1.54, 1.807) is 17.2 Å². The van der Waals surface area contributed by atoms with Crippen LogP contribution in [0.15, 0.2) is 61.1 Å². The molecular weight excluding hydrogens is 570 g/mol. The molecule has 0 radical (unpaired) electrons. The maximum absolute atomic E-state index is 13.5. The van der Waals surface area contributed by atoms with Crippen molar-refractivity contribution in [2.45, 2.75) is 51.7 Å². The standard InChI is InChI=1S/C33H35N9O3/c1-21(2)37-27-16-29(42-13-7-23-15-22(17-34)18-36-31(23)42)35-19-26(27)32(44)38-25-8-11-40(12-9-25)20-24-5-3-4-6-28(24)41-14-10-30(43)39-33(41)45/h3-7,13,15-16,18-19,21,25H,8-12,14,20H2,1-2H3,(H,35,37)(H,38,44)(H,39,43,45). The number of benzene rings is 1. The zero-order valence-corrected chi connectivity index (χ0v) is 25.3. The van der Waals surface area contributed by atoms with Crippen molar-refractivity contribution in [1.29, 1.82) is 5.26 Å². The lowest BCUT2D eigenvalue weighted by Crippen LogP contribution is -2.50. The van der Waals surface area contributed by atoms with Crippen molar-refractivity contribution in [3.05, 3.63) is 77.7 Å². The van der Waals surface area contributed by atoms with Gasteiger partial charge in [-0.2, -0.15) is 5.26 Å². The normalized spacial score (nSPS) is 16.1. The second-order valence-electron chi connectivity index (χ2n) is 11.7. The number of para-hydroxylation sites is 1. The number of aromatic nitrogens is 3. The molecule has 2 aliphatic heterocycles. The van der Waals surface area contributed by atoms with Crippen molar-refractivity contribution in [1.82, 2.24) is 30.1 Å². The molecule has 1 aromatic carbocycles. The topological polar surface area (TPSA) is 148 Å². The van der Waals surface area contributed by atoms with E-state index in [4.69, 9.17) is 0 Å². The maximum Gasteiger partial charge on any atom is 0.328 e. The lowest BCUT2D eigenvalue weighted by molar-refractivity contribution is -0.120. The van der Waals surface area contributed by atoms with E-state index >= 15 is 0 Å². The van der Waals surface area contributed by atoms with Crippen LogP contribution in [-0.4, -0.2) is 69.0 Å². The third-order valence-corrected chi connectivity index (χ3v) is 8.13. The second-order valence-corrected chi connectivity index (χ2v) is 11.7. The highest BCUT2D eigenvalue weighted by atomic mass is 16.2. The molecule has 2 aliphatic rings. The molecule has 6 rings (SSSR count). The highest BCUT2D eigenvalue weighted by molar-refractivity contribution is 6.06. The number of fused-ring (bicyclic) bond motifs is 1. The van der Waals surface area contributed by atoms with Crippen molar-refractivity contribution in [3.8, 4) is 11.9 Å². The van der Waals surface area contributed by atoms with E-state index in [-0.39, 0.29) is 36.3 Å². The molecule has 45 heavy (non-hydrogen) atoms. The molecule has 2 saturated heterocycles. The van der Waals surface area contributed by atoms with Crippen LogP contribution in [0.3, 0.4) is 0 Å². The van der Waals surface area contributed by atoms with Crippen molar-refractivity contribution in [2.24, 2.45) is 0 Å². The fourth-order valence-electron chi connectivity index (χ4n) is 5.90. The average Bonchev–Trinajstić information content (AvgIpc) is 3.45. The third-order valence-electron chi connectivity index (χ3n) is 8.13. The number of carbonyl (C=O) groups is 3. The van der Waals surface area contributed by atoms with Crippen LogP contribution >= 0.6 is 0 Å². The fourth-order valence-corrected chi connectivity index (χ4v) is 5.90. The molecule has 3 aromatic heterocycles. The predicted octanol–water partition coefficient (Wildman–Crippen LogP) is 3.95. The van der Waals surface area contributed by atoms with Crippen LogP contribution in [-0.2, 0) is 11.3 Å². The van der Waals surface area contributed by atoms with Crippen LogP contribution < -0.4 is 20.9 Å². The summed E-state index contributed by atoms with van der Waals surface area (Å²) < 4.78 is 1.84. The average molecular weight is 606 g/mol. The summed E-state index contributed by atoms with van der Waals surface area (Å²) in [7, 11) is 0. The van der Waals surface area contributed by atoms with Gasteiger partial charge < -0.3 is 10.6 Å². The van der Waals surface area contributed by atoms with Crippen molar-refractivity contribution >= 4 is 40.3 Å². The van der Waals surface area contributed by atoms with E-state index < -0.39 is 0 Å². The van der Waals surface area contributed by atoms with E-state index in [2.05, 4.69) is 36.9 Å². The fraction of sp³-hybridized carbons (Fsp3) is 0.333. The number of carbonyl (C=O) groups excluding carboxylic acids is 3. The monoisotopic (exact) mass is 605 g/mol. The van der Waals surface area contributed by atoms with Crippen LogP contribution in [0.25, 0.3) is 16.9 Å². The van der Waals surface area contributed by atoms with Crippen molar-refractivity contribution < 1.29 is 14.4 Å². The van der Waals surface area contributed by atoms with Crippen LogP contribution in [0.2, 0.25) is 0 Å². The Hall–Kier alpha value is -5.28. The lowest BCUT2D eigenvalue weighted by atomic mass is 10.0. The summed E-state index contributed by atoms with van der Waals surface area (Å²) in [4.78, 5) is 50.6. The molecule has 0 saturated carbocycles. The van der Waals surface area contributed by atoms with Gasteiger partial charge in [0, 0.05) is 80.4 Å². The summed E-state index contributed by atoms with van der Waals surface area (Å²) in [5.41, 5.74) is 4.16. The molecule has 4 aromatic rings. The van der Waals surface area contributed by atoms with Crippen LogP contribution in [0.4, 0.5) is 16.2 Å². The summed E-state index contributed by atoms with van der Waals surface area (Å²) in [6, 6.07) is 15.2. The number of piperidine rings is 1. The van der Waals surface area contributed by atoms with Gasteiger partial charge in [-0.05, 0) is 50.5 Å². The first kappa shape index (κ1) is 29.8. The Labute approximate surface area is 261 Å². The molecule has 0 bridgehead atoms. The first-order chi connectivity index (χ1) is 21.8. The Bertz CT molecular complexity index is 1800. The molecular formula is C33H35N9O3. The van der Waals surface area contributed by atoms with Gasteiger partial charge in [-0.3, -0.25) is 29.3 Å². The predicted molar refractivity (Wildman–Crippen MR) is 170 cm³/mol. The second kappa shape index (κ2) is 12.8. The molecule has 0 spiro atoms. The lowest BCUT2D eigenvalue weighted by Gasteiger charge is -2.34. The Kier molecular flexibility index (Phi) is 8.44. The number of rotatable bonds is 8. The highest BCUT2D eigenvalue weighted by Gasteiger charge is 2.28. The zero-order chi connectivity index (χ0) is 31.5. The van der Waals surface area contributed by atoms with Gasteiger partial charge >= 0.3 is 6.03 Å². The van der Waals surface area contributed by atoms with E-state index in [1.165, 1.54) is 6.20 Å². The third kappa shape index (κ3) is 6.49. The molecule has 4 amide bonds. The minimum absolute atomic E-state index is 0.0152. The number of hydrogen-bond acceptors (Lipinski definition) is 8. The van der Waals surface area contributed by atoms with Gasteiger partial charge in [0.05, 0.1) is 16.8 Å². The summed E-state index contributed by atoms with van der Waals surface area (Å²) in [6.45, 7) is 6.65. The molecule has 2 fully saturated rings. The number of anilines is 2. The van der Waals surface area contributed by atoms with Gasteiger partial charge in [0.2, 0.25) is 5.91 Å². The number of urea groups is 1. The molecule has 5 heterocycles. The molecule has 0 unspecified atom stereocenters. The van der Waals surface area contributed by atoms with Gasteiger partial charge in [-0.25, -0.2) is 14.8 Å². The Morgan fingerprint density at radius 2 is 1.89 bits per heavy atom. The summed E-state index contributed by atoms with van der Waals surface area (Å²) >= 11 is 0. The minimum Gasteiger partial charge on any atom is -0.382 e. The maximum atomic E-state index is 13.5. The van der Waals surface area contributed by atoms with Crippen LogP contribution in [0, 0.1) is 11.3 Å². The van der Waals surface area contributed by atoms with E-state index in [9.17, 15) is 19.6 Å². The molecule has 3 N–H and O–H groups in total. The highest BCUT2D eigenvalue weighted by Crippen LogP contribution is 2.26. The Morgan fingerprint density at radius 1 is 1.09 bits per heavy atom. The van der Waals surface area contributed by atoms with Crippen molar-refractivity contribution in [2.75, 3.05) is 29.9 Å². The number of nitrogens with one attached hydrogen (secondary N) is 3. The summed E-state index contributed by atoms with van der Waals surface area (Å²) in [5.74, 6) is 0.185. The largest absolute Gasteiger partial charge is 0.382 e. The van der Waals surface area contributed by atoms with Gasteiger partial charge in [0.25, 0.3) is 5.91 Å².